The molecule has 0 fully saturated rings. The Balaban J connectivity index is 1.31. The fraction of sp³-hybridized carbons (Fsp3) is 0. The largest absolute Gasteiger partial charge is 0.456 e. The standard InChI is InChI=1S/C46H27NO/c1-2-14-29(15-3-1)47-38-23-9-8-20-35(38)45-36(22-11-24-39(45)47)43-30-16-4-6-18-32(30)44(33-19-7-5-17-31(33)43)37-27-28-13-10-25-40-42(28)46-34(37)21-12-26-41(46)48-40/h1-27H. The van der Waals surface area contributed by atoms with Gasteiger partial charge in [-0.05, 0) is 97.0 Å². The minimum absolute atomic E-state index is 0.937. The Bertz CT molecular complexity index is 2990. The van der Waals surface area contributed by atoms with Crippen LogP contribution in [-0.2, 0) is 0 Å². The van der Waals surface area contributed by atoms with E-state index in [0.717, 1.165) is 16.9 Å². The number of hydrogen-bond acceptors (Lipinski definition) is 1. The molecule has 0 unspecified atom stereocenters. The maximum atomic E-state index is 6.36. The van der Waals surface area contributed by atoms with Crippen molar-refractivity contribution >= 4 is 76.1 Å². The van der Waals surface area contributed by atoms with Crippen molar-refractivity contribution in [1.29, 1.82) is 0 Å². The fourth-order valence-electron chi connectivity index (χ4n) is 8.47. The Kier molecular flexibility index (Phi) is 5.14. The molecule has 0 amide bonds. The van der Waals surface area contributed by atoms with Crippen LogP contribution in [0.3, 0.4) is 0 Å². The van der Waals surface area contributed by atoms with Gasteiger partial charge in [-0.1, -0.05) is 121 Å². The third-order valence-corrected chi connectivity index (χ3v) is 10.3. The van der Waals surface area contributed by atoms with Gasteiger partial charge in [0.05, 0.1) is 11.0 Å². The van der Waals surface area contributed by atoms with E-state index in [9.17, 15) is 0 Å². The molecule has 0 spiro atoms. The molecule has 11 aromatic rings. The highest BCUT2D eigenvalue weighted by atomic mass is 16.3. The van der Waals surface area contributed by atoms with Crippen molar-refractivity contribution in [3.8, 4) is 27.9 Å². The number of hydrogen-bond donors (Lipinski definition) is 0. The summed E-state index contributed by atoms with van der Waals surface area (Å²) in [5.41, 5.74) is 10.5. The van der Waals surface area contributed by atoms with Crippen molar-refractivity contribution in [2.45, 2.75) is 0 Å². The molecule has 0 saturated heterocycles. The van der Waals surface area contributed by atoms with E-state index in [-0.39, 0.29) is 0 Å². The fourth-order valence-corrected chi connectivity index (χ4v) is 8.47. The Morgan fingerprint density at radius 1 is 0.354 bits per heavy atom. The monoisotopic (exact) mass is 609 g/mol. The van der Waals surface area contributed by atoms with Gasteiger partial charge >= 0.3 is 0 Å². The summed E-state index contributed by atoms with van der Waals surface area (Å²) in [4.78, 5) is 0. The third kappa shape index (κ3) is 3.36. The van der Waals surface area contributed by atoms with Crippen LogP contribution in [-0.4, -0.2) is 4.57 Å². The molecule has 0 aliphatic carbocycles. The lowest BCUT2D eigenvalue weighted by Crippen LogP contribution is -1.94. The van der Waals surface area contributed by atoms with Crippen molar-refractivity contribution in [1.82, 2.24) is 4.57 Å². The van der Waals surface area contributed by atoms with Crippen LogP contribution >= 0.6 is 0 Å². The van der Waals surface area contributed by atoms with Gasteiger partial charge in [-0.2, -0.15) is 0 Å². The summed E-state index contributed by atoms with van der Waals surface area (Å²) >= 11 is 0. The molecule has 9 aromatic carbocycles. The van der Waals surface area contributed by atoms with E-state index in [1.807, 2.05) is 0 Å². The van der Waals surface area contributed by atoms with E-state index in [2.05, 4.69) is 168 Å². The van der Waals surface area contributed by atoms with Gasteiger partial charge in [-0.25, -0.2) is 0 Å². The normalized spacial score (nSPS) is 12.2. The van der Waals surface area contributed by atoms with Crippen molar-refractivity contribution in [2.24, 2.45) is 0 Å². The quantitative estimate of drug-likeness (QED) is 0.144. The maximum absolute atomic E-state index is 6.36. The maximum Gasteiger partial charge on any atom is 0.136 e. The molecular formula is C46H27NO. The second kappa shape index (κ2) is 9.57. The SMILES string of the molecule is c1ccc(-n2c3ccccc3c3c(-c4c5ccccc5c(-c5cc6cccc7oc8cccc5c8c67)c5ccccc45)cccc32)cc1. The Labute approximate surface area is 276 Å². The molecule has 2 aromatic heterocycles. The average Bonchev–Trinajstić information content (AvgIpc) is 3.70. The van der Waals surface area contributed by atoms with E-state index in [1.165, 1.54) is 87.1 Å². The van der Waals surface area contributed by atoms with Crippen LogP contribution in [0.25, 0.3) is 104 Å². The van der Waals surface area contributed by atoms with Gasteiger partial charge in [0.1, 0.15) is 11.2 Å². The first-order chi connectivity index (χ1) is 23.8. The van der Waals surface area contributed by atoms with Crippen molar-refractivity contribution < 1.29 is 4.42 Å². The van der Waals surface area contributed by atoms with E-state index in [4.69, 9.17) is 4.42 Å². The van der Waals surface area contributed by atoms with E-state index in [1.54, 1.807) is 0 Å². The molecule has 0 N–H and O–H groups in total. The summed E-state index contributed by atoms with van der Waals surface area (Å²) in [5, 5.41) is 12.4. The van der Waals surface area contributed by atoms with Crippen molar-refractivity contribution in [3.05, 3.63) is 164 Å². The molecule has 48 heavy (non-hydrogen) atoms. The lowest BCUT2D eigenvalue weighted by molar-refractivity contribution is 0.669. The molecule has 0 bridgehead atoms. The van der Waals surface area contributed by atoms with Crippen LogP contribution in [0, 0.1) is 0 Å². The van der Waals surface area contributed by atoms with Crippen LogP contribution in [0.5, 0.6) is 0 Å². The predicted molar refractivity (Wildman–Crippen MR) is 203 cm³/mol. The number of fused-ring (bicyclic) bond motifs is 5. The molecule has 0 saturated carbocycles. The highest BCUT2D eigenvalue weighted by Gasteiger charge is 2.23. The third-order valence-electron chi connectivity index (χ3n) is 10.3. The van der Waals surface area contributed by atoms with E-state index in [0.29, 0.717) is 0 Å². The van der Waals surface area contributed by atoms with Gasteiger partial charge in [0, 0.05) is 27.2 Å². The smallest absolute Gasteiger partial charge is 0.136 e. The topological polar surface area (TPSA) is 18.1 Å². The summed E-state index contributed by atoms with van der Waals surface area (Å²) < 4.78 is 8.77. The first kappa shape index (κ1) is 25.8. The summed E-state index contributed by atoms with van der Waals surface area (Å²) in [5.74, 6) is 0. The minimum atomic E-state index is 0.937. The lowest BCUT2D eigenvalue weighted by Gasteiger charge is -2.20. The first-order valence-corrected chi connectivity index (χ1v) is 16.5. The van der Waals surface area contributed by atoms with Crippen LogP contribution in [0.15, 0.2) is 168 Å². The molecule has 2 heterocycles. The Morgan fingerprint density at radius 3 is 1.62 bits per heavy atom. The molecule has 0 aliphatic heterocycles. The number of nitrogens with zero attached hydrogens (tertiary/aromatic N) is 1. The molecule has 0 aliphatic rings. The summed E-state index contributed by atoms with van der Waals surface area (Å²) in [6.45, 7) is 0. The summed E-state index contributed by atoms with van der Waals surface area (Å²) in [6.07, 6.45) is 0. The Morgan fingerprint density at radius 2 is 0.896 bits per heavy atom. The highest BCUT2D eigenvalue weighted by Crippen LogP contribution is 2.50. The molecule has 2 heteroatoms. The summed E-state index contributed by atoms with van der Waals surface area (Å²) in [7, 11) is 0. The van der Waals surface area contributed by atoms with Crippen molar-refractivity contribution in [2.75, 3.05) is 0 Å². The molecule has 222 valence electrons. The molecular weight excluding hydrogens is 583 g/mol. The van der Waals surface area contributed by atoms with E-state index < -0.39 is 0 Å². The zero-order valence-corrected chi connectivity index (χ0v) is 25.9. The van der Waals surface area contributed by atoms with Gasteiger partial charge in [0.2, 0.25) is 0 Å². The minimum Gasteiger partial charge on any atom is -0.456 e. The Hall–Kier alpha value is -6.38. The number of rotatable bonds is 3. The first-order valence-electron chi connectivity index (χ1n) is 16.5. The molecule has 0 radical (unpaired) electrons. The van der Waals surface area contributed by atoms with Crippen LogP contribution in [0.4, 0.5) is 0 Å². The van der Waals surface area contributed by atoms with Gasteiger partial charge in [-0.3, -0.25) is 0 Å². The second-order valence-electron chi connectivity index (χ2n) is 12.8. The molecule has 2 nitrogen and oxygen atoms in total. The van der Waals surface area contributed by atoms with Gasteiger partial charge in [0.15, 0.2) is 0 Å². The van der Waals surface area contributed by atoms with Crippen LogP contribution in [0.1, 0.15) is 0 Å². The van der Waals surface area contributed by atoms with Crippen LogP contribution < -0.4 is 0 Å². The number of para-hydroxylation sites is 2. The van der Waals surface area contributed by atoms with Crippen LogP contribution in [0.2, 0.25) is 0 Å². The van der Waals surface area contributed by atoms with Gasteiger partial charge in [-0.15, -0.1) is 0 Å². The van der Waals surface area contributed by atoms with Gasteiger partial charge in [0.25, 0.3) is 0 Å². The number of aromatic nitrogens is 1. The highest BCUT2D eigenvalue weighted by molar-refractivity contribution is 6.31. The van der Waals surface area contributed by atoms with Crippen molar-refractivity contribution in [3.63, 3.8) is 0 Å². The van der Waals surface area contributed by atoms with E-state index >= 15 is 0 Å². The molecule has 11 rings (SSSR count). The predicted octanol–water partition coefficient (Wildman–Crippen LogP) is 12.9. The average molecular weight is 610 g/mol. The second-order valence-corrected chi connectivity index (χ2v) is 12.8. The zero-order chi connectivity index (χ0) is 31.3. The summed E-state index contributed by atoms with van der Waals surface area (Å²) in [6, 6.07) is 59.5. The lowest BCUT2D eigenvalue weighted by atomic mass is 9.83. The number of benzene rings is 9. The number of furan rings is 1. The van der Waals surface area contributed by atoms with Gasteiger partial charge < -0.3 is 8.98 Å². The molecule has 0 atom stereocenters. The zero-order valence-electron chi connectivity index (χ0n) is 25.9.